The van der Waals surface area contributed by atoms with Gasteiger partial charge in [-0.2, -0.15) is 0 Å². The van der Waals surface area contributed by atoms with Crippen molar-refractivity contribution in [2.45, 2.75) is 51.9 Å². The van der Waals surface area contributed by atoms with E-state index in [0.717, 1.165) is 30.4 Å². The minimum atomic E-state index is -0.789. The van der Waals surface area contributed by atoms with Crippen LogP contribution in [0.2, 0.25) is 0 Å². The summed E-state index contributed by atoms with van der Waals surface area (Å²) in [4.78, 5) is 35.6. The molecule has 7 heteroatoms. The first-order valence-corrected chi connectivity index (χ1v) is 12.5. The summed E-state index contributed by atoms with van der Waals surface area (Å²) >= 11 is 0. The molecule has 2 atom stereocenters. The summed E-state index contributed by atoms with van der Waals surface area (Å²) in [5.41, 5.74) is 4.65. The van der Waals surface area contributed by atoms with Gasteiger partial charge in [0.15, 0.2) is 0 Å². The van der Waals surface area contributed by atoms with Crippen LogP contribution in [-0.2, 0) is 14.3 Å². The van der Waals surface area contributed by atoms with E-state index in [9.17, 15) is 14.4 Å². The fourth-order valence-electron chi connectivity index (χ4n) is 4.72. The molecule has 2 unspecified atom stereocenters. The molecule has 35 heavy (non-hydrogen) atoms. The topological polar surface area (TPSA) is 105 Å². The second-order valence-electron chi connectivity index (χ2n) is 9.27. The fraction of sp³-hybridized carbons (Fsp3) is 0.464. The lowest BCUT2D eigenvalue weighted by atomic mass is 9.94. The highest BCUT2D eigenvalue weighted by Gasteiger charge is 2.29. The molecular formula is C28H36N2O5. The third kappa shape index (κ3) is 7.31. The van der Waals surface area contributed by atoms with Crippen LogP contribution in [0.15, 0.2) is 48.5 Å². The zero-order valence-corrected chi connectivity index (χ0v) is 20.6. The molecule has 0 aromatic heterocycles. The second-order valence-corrected chi connectivity index (χ2v) is 9.27. The summed E-state index contributed by atoms with van der Waals surface area (Å²) in [6, 6.07) is 16.3. The number of carboxylic acid groups (broad SMARTS) is 1. The van der Waals surface area contributed by atoms with Crippen molar-refractivity contribution >= 4 is 18.0 Å². The number of hydrogen-bond acceptors (Lipinski definition) is 4. The molecule has 1 aliphatic carbocycles. The molecule has 0 radical (unpaired) electrons. The number of ether oxygens (including phenoxy) is 1. The van der Waals surface area contributed by atoms with Crippen molar-refractivity contribution in [1.82, 2.24) is 10.6 Å². The van der Waals surface area contributed by atoms with Crippen molar-refractivity contribution in [3.63, 3.8) is 0 Å². The third-order valence-electron chi connectivity index (χ3n) is 6.66. The molecule has 0 saturated heterocycles. The number of fused-ring (bicyclic) bond motifs is 3. The van der Waals surface area contributed by atoms with Crippen molar-refractivity contribution < 1.29 is 24.2 Å². The Labute approximate surface area is 207 Å². The molecule has 0 saturated carbocycles. The highest BCUT2D eigenvalue weighted by Crippen LogP contribution is 2.44. The van der Waals surface area contributed by atoms with Crippen molar-refractivity contribution in [2.75, 3.05) is 19.7 Å². The van der Waals surface area contributed by atoms with Gasteiger partial charge in [-0.1, -0.05) is 75.2 Å². The van der Waals surface area contributed by atoms with E-state index in [-0.39, 0.29) is 37.3 Å². The summed E-state index contributed by atoms with van der Waals surface area (Å²) in [5, 5.41) is 14.5. The lowest BCUT2D eigenvalue weighted by molar-refractivity contribution is -0.137. The Bertz CT molecular complexity index is 976. The number of amides is 2. The Morgan fingerprint density at radius 2 is 1.57 bits per heavy atom. The van der Waals surface area contributed by atoms with E-state index in [0.29, 0.717) is 13.0 Å². The Hall–Kier alpha value is -3.35. The van der Waals surface area contributed by atoms with Gasteiger partial charge in [0.05, 0.1) is 5.92 Å². The molecule has 0 fully saturated rings. The van der Waals surface area contributed by atoms with E-state index >= 15 is 0 Å². The summed E-state index contributed by atoms with van der Waals surface area (Å²) < 4.78 is 5.53. The average molecular weight is 481 g/mol. The molecule has 1 aliphatic rings. The minimum Gasteiger partial charge on any atom is -0.481 e. The van der Waals surface area contributed by atoms with Gasteiger partial charge in [0.2, 0.25) is 5.91 Å². The van der Waals surface area contributed by atoms with Gasteiger partial charge in [-0.05, 0) is 41.0 Å². The van der Waals surface area contributed by atoms with Gasteiger partial charge in [0.1, 0.15) is 6.61 Å². The van der Waals surface area contributed by atoms with Crippen LogP contribution in [0.4, 0.5) is 4.79 Å². The quantitative estimate of drug-likeness (QED) is 0.376. The zero-order chi connectivity index (χ0) is 25.2. The van der Waals surface area contributed by atoms with Crippen LogP contribution in [0, 0.1) is 11.8 Å². The molecule has 2 aromatic carbocycles. The lowest BCUT2D eigenvalue weighted by Crippen LogP contribution is -2.38. The van der Waals surface area contributed by atoms with E-state index < -0.39 is 18.0 Å². The first kappa shape index (κ1) is 26.3. The molecule has 188 valence electrons. The Morgan fingerprint density at radius 1 is 0.943 bits per heavy atom. The van der Waals surface area contributed by atoms with Gasteiger partial charge in [0, 0.05) is 25.4 Å². The van der Waals surface area contributed by atoms with Crippen LogP contribution in [0.25, 0.3) is 11.1 Å². The van der Waals surface area contributed by atoms with Gasteiger partial charge in [0.25, 0.3) is 0 Å². The average Bonchev–Trinajstić information content (AvgIpc) is 3.18. The Kier molecular flexibility index (Phi) is 9.70. The van der Waals surface area contributed by atoms with Gasteiger partial charge in [-0.25, -0.2) is 4.79 Å². The number of rotatable bonds is 13. The number of nitrogens with one attached hydrogen (secondary N) is 2. The molecular weight excluding hydrogens is 444 g/mol. The van der Waals surface area contributed by atoms with Crippen LogP contribution in [-0.4, -0.2) is 42.8 Å². The fourth-order valence-corrected chi connectivity index (χ4v) is 4.72. The normalized spacial score (nSPS) is 13.9. The molecule has 0 aliphatic heterocycles. The summed E-state index contributed by atoms with van der Waals surface area (Å²) in [6.45, 7) is 4.74. The molecule has 0 spiro atoms. The number of aliphatic carboxylic acids is 1. The van der Waals surface area contributed by atoms with Crippen LogP contribution < -0.4 is 10.6 Å². The van der Waals surface area contributed by atoms with Crippen LogP contribution in [0.1, 0.15) is 63.0 Å². The molecule has 0 heterocycles. The molecule has 2 amide bonds. The third-order valence-corrected chi connectivity index (χ3v) is 6.66. The van der Waals surface area contributed by atoms with Crippen molar-refractivity contribution in [3.05, 3.63) is 59.7 Å². The largest absolute Gasteiger partial charge is 0.481 e. The number of carboxylic acids is 1. The number of hydrogen-bond donors (Lipinski definition) is 3. The standard InChI is InChI=1S/C28H36N2O5/c1-3-8-20(13-14-26(31)32)15-16-29-27(33)19(2)17-30-28(34)35-18-25-23-11-6-4-9-21(23)22-10-5-7-12-24(22)25/h4-7,9-12,19-20,25H,3,8,13-18H2,1-2H3,(H,29,33)(H,30,34)(H,31,32). The maximum Gasteiger partial charge on any atom is 0.407 e. The van der Waals surface area contributed by atoms with E-state index in [1.165, 1.54) is 11.1 Å². The van der Waals surface area contributed by atoms with E-state index in [2.05, 4.69) is 41.8 Å². The predicted molar refractivity (Wildman–Crippen MR) is 135 cm³/mol. The molecule has 0 bridgehead atoms. The van der Waals surface area contributed by atoms with E-state index in [1.54, 1.807) is 6.92 Å². The first-order valence-electron chi connectivity index (χ1n) is 12.5. The highest BCUT2D eigenvalue weighted by molar-refractivity contribution is 5.80. The zero-order valence-electron chi connectivity index (χ0n) is 20.6. The smallest absolute Gasteiger partial charge is 0.407 e. The van der Waals surface area contributed by atoms with E-state index in [4.69, 9.17) is 9.84 Å². The molecule has 7 nitrogen and oxygen atoms in total. The molecule has 3 rings (SSSR count). The monoisotopic (exact) mass is 480 g/mol. The van der Waals surface area contributed by atoms with Crippen LogP contribution in [0.5, 0.6) is 0 Å². The highest BCUT2D eigenvalue weighted by atomic mass is 16.5. The van der Waals surface area contributed by atoms with E-state index in [1.807, 2.05) is 24.3 Å². The van der Waals surface area contributed by atoms with Crippen LogP contribution >= 0.6 is 0 Å². The van der Waals surface area contributed by atoms with Crippen LogP contribution in [0.3, 0.4) is 0 Å². The maximum atomic E-state index is 12.4. The van der Waals surface area contributed by atoms with Gasteiger partial charge >= 0.3 is 12.1 Å². The number of carbonyl (C=O) groups is 3. The van der Waals surface area contributed by atoms with Crippen molar-refractivity contribution in [2.24, 2.45) is 11.8 Å². The first-order chi connectivity index (χ1) is 16.9. The minimum absolute atomic E-state index is 0.00827. The number of benzene rings is 2. The Morgan fingerprint density at radius 3 is 2.17 bits per heavy atom. The molecule has 3 N–H and O–H groups in total. The summed E-state index contributed by atoms with van der Waals surface area (Å²) in [5.74, 6) is -1.06. The lowest BCUT2D eigenvalue weighted by Gasteiger charge is -2.18. The Balaban J connectivity index is 1.40. The number of alkyl carbamates (subject to hydrolysis) is 1. The van der Waals surface area contributed by atoms with Gasteiger partial charge in [-0.15, -0.1) is 0 Å². The van der Waals surface area contributed by atoms with Gasteiger partial charge in [-0.3, -0.25) is 9.59 Å². The predicted octanol–water partition coefficient (Wildman–Crippen LogP) is 4.95. The molecule has 2 aromatic rings. The van der Waals surface area contributed by atoms with Gasteiger partial charge < -0.3 is 20.5 Å². The SMILES string of the molecule is CCCC(CCNC(=O)C(C)CNC(=O)OCC1c2ccccc2-c2ccccc21)CCC(=O)O. The summed E-state index contributed by atoms with van der Waals surface area (Å²) in [7, 11) is 0. The maximum absolute atomic E-state index is 12.4. The van der Waals surface area contributed by atoms with Crippen molar-refractivity contribution in [3.8, 4) is 11.1 Å². The second kappa shape index (κ2) is 12.9. The number of carbonyl (C=O) groups excluding carboxylic acids is 2. The summed E-state index contributed by atoms with van der Waals surface area (Å²) in [6.07, 6.45) is 2.92. The van der Waals surface area contributed by atoms with Crippen molar-refractivity contribution in [1.29, 1.82) is 0 Å².